The lowest BCUT2D eigenvalue weighted by Crippen LogP contribution is -2.12. The number of thiophene rings is 4. The van der Waals surface area contributed by atoms with Gasteiger partial charge in [-0.15, -0.1) is 45.3 Å². The van der Waals surface area contributed by atoms with Crippen LogP contribution in [0.15, 0.2) is 67.5 Å². The van der Waals surface area contributed by atoms with Gasteiger partial charge in [0, 0.05) is 62.6 Å². The number of carboxylic acids is 2. The Balaban J connectivity index is 0.000000131. The van der Waals surface area contributed by atoms with E-state index in [4.69, 9.17) is 0 Å². The van der Waals surface area contributed by atoms with Gasteiger partial charge in [0.05, 0.1) is 34.6 Å². The van der Waals surface area contributed by atoms with Crippen molar-refractivity contribution in [3.8, 4) is 20.9 Å². The second-order valence-corrected chi connectivity index (χ2v) is 15.3. The number of aromatic nitrogens is 4. The van der Waals surface area contributed by atoms with E-state index in [-0.39, 0.29) is 22.0 Å². The molecule has 0 bridgehead atoms. The molecule has 16 heteroatoms. The van der Waals surface area contributed by atoms with Gasteiger partial charge in [0.25, 0.3) is 0 Å². The van der Waals surface area contributed by atoms with Crippen LogP contribution in [0.5, 0.6) is 0 Å². The maximum atomic E-state index is 12.9. The van der Waals surface area contributed by atoms with Crippen molar-refractivity contribution in [1.29, 1.82) is 0 Å². The molecule has 0 aliphatic carbocycles. The van der Waals surface area contributed by atoms with Crippen LogP contribution in [0.2, 0.25) is 0 Å². The second kappa shape index (κ2) is 10.8. The van der Waals surface area contributed by atoms with E-state index in [0.29, 0.717) is 53.5 Å². The van der Waals surface area contributed by atoms with Crippen LogP contribution in [-0.2, 0) is 0 Å². The van der Waals surface area contributed by atoms with Crippen molar-refractivity contribution in [3.05, 3.63) is 89.5 Å². The van der Waals surface area contributed by atoms with Gasteiger partial charge in [-0.1, -0.05) is 12.1 Å². The quantitative estimate of drug-likeness (QED) is 0.179. The van der Waals surface area contributed by atoms with Crippen molar-refractivity contribution >= 4 is 145 Å². The van der Waals surface area contributed by atoms with Gasteiger partial charge in [-0.05, 0) is 45.8 Å². The number of fused-ring (bicyclic) bond motifs is 11. The zero-order valence-corrected chi connectivity index (χ0v) is 28.4. The van der Waals surface area contributed by atoms with Crippen LogP contribution in [0.4, 0.5) is 0 Å². The number of hydrogen-bond acceptors (Lipinski definition) is 14. The average molecular weight is 741 g/mol. The smallest absolute Gasteiger partial charge is 0.337 e. The van der Waals surface area contributed by atoms with Crippen molar-refractivity contribution in [1.82, 2.24) is 17.5 Å². The monoisotopic (exact) mass is 740 g/mol. The minimum absolute atomic E-state index is 0.0640. The summed E-state index contributed by atoms with van der Waals surface area (Å²) in [6.07, 6.45) is 0. The van der Waals surface area contributed by atoms with Gasteiger partial charge in [0.1, 0.15) is 22.1 Å². The zero-order chi connectivity index (χ0) is 32.8. The van der Waals surface area contributed by atoms with E-state index in [1.165, 1.54) is 45.3 Å². The third-order valence-corrected chi connectivity index (χ3v) is 12.8. The maximum absolute atomic E-state index is 12.9. The highest BCUT2D eigenvalue weighted by Gasteiger charge is 2.32. The molecule has 0 spiro atoms. The van der Waals surface area contributed by atoms with Gasteiger partial charge in [0.15, 0.2) is 10.9 Å². The minimum Gasteiger partial charge on any atom is -0.478 e. The minimum atomic E-state index is -1.30. The van der Waals surface area contributed by atoms with E-state index >= 15 is 0 Å². The summed E-state index contributed by atoms with van der Waals surface area (Å²) in [5.41, 5.74) is 2.30. The molecule has 0 aliphatic heterocycles. The first kappa shape index (κ1) is 29.3. The fourth-order valence-corrected chi connectivity index (χ4v) is 10.8. The Bertz CT molecular complexity index is 2810. The molecule has 2 N–H and O–H groups in total. The van der Waals surface area contributed by atoms with E-state index in [2.05, 4.69) is 17.5 Å². The number of carboxylic acid groups (broad SMARTS) is 2. The second-order valence-electron chi connectivity index (χ2n) is 10.5. The Hall–Kier alpha value is -4.84. The lowest BCUT2D eigenvalue weighted by molar-refractivity contribution is 0.0653. The molecule has 0 atom stereocenters. The molecule has 232 valence electrons. The summed E-state index contributed by atoms with van der Waals surface area (Å²) in [4.78, 5) is 51.2. The molecule has 48 heavy (non-hydrogen) atoms. The predicted octanol–water partition coefficient (Wildman–Crippen LogP) is 8.57. The largest absolute Gasteiger partial charge is 0.478 e. The topological polar surface area (TPSA) is 160 Å². The molecule has 0 fully saturated rings. The molecular weight excluding hydrogens is 729 g/mol. The highest BCUT2D eigenvalue weighted by atomic mass is 32.1. The van der Waals surface area contributed by atoms with E-state index in [1.54, 1.807) is 35.0 Å². The maximum Gasteiger partial charge on any atom is 0.337 e. The zero-order valence-electron chi connectivity index (χ0n) is 23.5. The van der Waals surface area contributed by atoms with Crippen LogP contribution in [0, 0.1) is 0 Å². The third kappa shape index (κ3) is 3.98. The molecule has 0 unspecified atom stereocenters. The number of aromatic carboxylic acids is 2. The van der Waals surface area contributed by atoms with Gasteiger partial charge in [-0.2, -0.15) is 17.5 Å². The number of hydrogen-bond donors (Lipinski definition) is 2. The van der Waals surface area contributed by atoms with E-state index in [9.17, 15) is 29.4 Å². The van der Waals surface area contributed by atoms with Gasteiger partial charge in [0.2, 0.25) is 0 Å². The van der Waals surface area contributed by atoms with Crippen LogP contribution in [-0.4, -0.2) is 39.6 Å². The van der Waals surface area contributed by atoms with E-state index < -0.39 is 11.9 Å². The third-order valence-electron chi connectivity index (χ3n) is 8.12. The van der Waals surface area contributed by atoms with Gasteiger partial charge < -0.3 is 10.2 Å². The van der Waals surface area contributed by atoms with Gasteiger partial charge >= 0.3 is 11.9 Å². The summed E-state index contributed by atoms with van der Waals surface area (Å²) in [5.74, 6) is -2.60. The van der Waals surface area contributed by atoms with Gasteiger partial charge in [-0.3, -0.25) is 9.59 Å². The Kier molecular flexibility index (Phi) is 6.62. The van der Waals surface area contributed by atoms with Crippen molar-refractivity contribution in [2.75, 3.05) is 0 Å². The summed E-state index contributed by atoms with van der Waals surface area (Å²) in [6.45, 7) is 0. The van der Waals surface area contributed by atoms with Gasteiger partial charge in [-0.25, -0.2) is 9.59 Å². The van der Waals surface area contributed by atoms with Crippen molar-refractivity contribution in [3.63, 3.8) is 0 Å². The van der Waals surface area contributed by atoms with E-state index in [1.807, 2.05) is 22.9 Å². The SMILES string of the molecule is O=C(O)c1c(C(=O)O)c(-c2cccs2)c2nsnc2c1-c1cccs1.O=c1c2ccsc2c2c3nsnc3c3c4sccc4c(=O)c3c12. The fourth-order valence-electron chi connectivity index (χ4n) is 6.28. The van der Waals surface area contributed by atoms with Crippen LogP contribution in [0.25, 0.3) is 84.7 Å². The first-order valence-electron chi connectivity index (χ1n) is 13.8. The Morgan fingerprint density at radius 3 is 1.31 bits per heavy atom. The summed E-state index contributed by atoms with van der Waals surface area (Å²) in [6, 6.07) is 10.7. The molecular formula is C32H12N4O6S6. The van der Waals surface area contributed by atoms with Crippen molar-refractivity contribution < 1.29 is 19.8 Å². The molecule has 0 aliphatic rings. The summed E-state index contributed by atoms with van der Waals surface area (Å²) >= 11 is 7.77. The summed E-state index contributed by atoms with van der Waals surface area (Å²) < 4.78 is 19.3. The molecule has 6 aromatic heterocycles. The summed E-state index contributed by atoms with van der Waals surface area (Å²) in [5, 5.41) is 31.0. The Labute approximate surface area is 290 Å². The molecule has 10 aromatic rings. The molecule has 0 amide bonds. The molecule has 0 radical (unpaired) electrons. The van der Waals surface area contributed by atoms with Crippen LogP contribution < -0.4 is 10.9 Å². The number of benzene rings is 2. The molecule has 0 saturated heterocycles. The van der Waals surface area contributed by atoms with Crippen LogP contribution in [0.1, 0.15) is 20.7 Å². The lowest BCUT2D eigenvalue weighted by atomic mass is 9.92. The average Bonchev–Trinajstić information content (AvgIpc) is 3.90. The highest BCUT2D eigenvalue weighted by molar-refractivity contribution is 7.19. The number of carbonyl (C=O) groups is 2. The molecule has 4 aromatic carbocycles. The first-order chi connectivity index (χ1) is 23.4. The fraction of sp³-hybridized carbons (Fsp3) is 0. The molecule has 0 saturated carbocycles. The standard InChI is InChI=1S/C16H8N2O4S3.C16H4N2O2S3/c19-15(20)11-9(7-3-1-5-23-7)13-14(18-25-17-13)10(12(11)16(21)22)8-4-2-6-24-8;19-13-5-1-3-21-15(5)9-7(13)8-10(12-11(9)17-23-18-12)16-6(14(8)20)2-4-22-16/h1-6H,(H,19,20)(H,21,22);1-4H. The van der Waals surface area contributed by atoms with E-state index in [0.717, 1.165) is 54.7 Å². The highest BCUT2D eigenvalue weighted by Crippen LogP contribution is 2.44. The summed E-state index contributed by atoms with van der Waals surface area (Å²) in [7, 11) is 0. The van der Waals surface area contributed by atoms with Crippen molar-refractivity contribution in [2.45, 2.75) is 0 Å². The first-order valence-corrected chi connectivity index (χ1v) is 18.8. The Morgan fingerprint density at radius 1 is 0.521 bits per heavy atom. The van der Waals surface area contributed by atoms with Crippen molar-refractivity contribution in [2.24, 2.45) is 0 Å². The predicted molar refractivity (Wildman–Crippen MR) is 196 cm³/mol. The van der Waals surface area contributed by atoms with Crippen LogP contribution >= 0.6 is 68.8 Å². The molecule has 10 nitrogen and oxygen atoms in total. The Morgan fingerprint density at radius 2 is 0.938 bits per heavy atom. The molecule has 6 heterocycles. The normalized spacial score (nSPS) is 11.8. The number of nitrogens with zero attached hydrogens (tertiary/aromatic N) is 4. The lowest BCUT2D eigenvalue weighted by Gasteiger charge is -2.13. The molecule has 10 rings (SSSR count). The van der Waals surface area contributed by atoms with Crippen LogP contribution in [0.3, 0.4) is 0 Å². The number of rotatable bonds is 4.